The molecule has 0 radical (unpaired) electrons. The third-order valence-electron chi connectivity index (χ3n) is 4.46. The second kappa shape index (κ2) is 7.91. The van der Waals surface area contributed by atoms with Crippen LogP contribution >= 0.6 is 11.8 Å². The van der Waals surface area contributed by atoms with Crippen molar-refractivity contribution in [3.8, 4) is 0 Å². The number of fused-ring (bicyclic) bond motifs is 1. The van der Waals surface area contributed by atoms with E-state index in [9.17, 15) is 9.59 Å². The highest BCUT2D eigenvalue weighted by Gasteiger charge is 2.30. The summed E-state index contributed by atoms with van der Waals surface area (Å²) in [7, 11) is 0. The highest BCUT2D eigenvalue weighted by Crippen LogP contribution is 2.26. The monoisotopic (exact) mass is 361 g/mol. The predicted octanol–water partition coefficient (Wildman–Crippen LogP) is 2.62. The minimum Gasteiger partial charge on any atom is -0.466 e. The smallest absolute Gasteiger partial charge is 0.309 e. The lowest BCUT2D eigenvalue weighted by Gasteiger charge is -2.32. The second-order valence-corrected chi connectivity index (χ2v) is 7.46. The first kappa shape index (κ1) is 17.8. The van der Waals surface area contributed by atoms with Gasteiger partial charge in [0.2, 0.25) is 5.91 Å². The number of imidazole rings is 1. The molecule has 0 spiro atoms. The summed E-state index contributed by atoms with van der Waals surface area (Å²) in [6.45, 7) is 5.35. The van der Waals surface area contributed by atoms with E-state index in [0.29, 0.717) is 32.5 Å². The van der Waals surface area contributed by atoms with Crippen molar-refractivity contribution in [2.75, 3.05) is 19.7 Å². The molecule has 25 heavy (non-hydrogen) atoms. The van der Waals surface area contributed by atoms with Crippen LogP contribution < -0.4 is 0 Å². The number of ether oxygens (including phenoxy) is 1. The van der Waals surface area contributed by atoms with Gasteiger partial charge < -0.3 is 9.64 Å². The number of thioether (sulfide) groups is 1. The minimum atomic E-state index is -0.218. The van der Waals surface area contributed by atoms with Crippen molar-refractivity contribution in [1.82, 2.24) is 14.3 Å². The molecule has 1 aliphatic rings. The SMILES string of the molecule is CCOC(=O)C1CCN(C(=O)C(C)Sc2ncc3ccccn23)CC1. The molecule has 134 valence electrons. The number of hydrogen-bond acceptors (Lipinski definition) is 5. The van der Waals surface area contributed by atoms with E-state index in [4.69, 9.17) is 4.74 Å². The molecule has 1 aliphatic heterocycles. The van der Waals surface area contributed by atoms with Crippen molar-refractivity contribution in [2.24, 2.45) is 5.92 Å². The predicted molar refractivity (Wildman–Crippen MR) is 96.4 cm³/mol. The molecule has 1 unspecified atom stereocenters. The van der Waals surface area contributed by atoms with Gasteiger partial charge in [-0.1, -0.05) is 17.8 Å². The largest absolute Gasteiger partial charge is 0.466 e. The van der Waals surface area contributed by atoms with E-state index in [0.717, 1.165) is 10.7 Å². The number of piperidine rings is 1. The molecular weight excluding hydrogens is 338 g/mol. The minimum absolute atomic E-state index is 0.0804. The van der Waals surface area contributed by atoms with Crippen LogP contribution in [0.2, 0.25) is 0 Å². The summed E-state index contributed by atoms with van der Waals surface area (Å²) in [5, 5.41) is 0.600. The standard InChI is InChI=1S/C18H23N3O3S/c1-3-24-17(23)14-7-10-20(11-8-14)16(22)13(2)25-18-19-12-15-6-4-5-9-21(15)18/h4-6,9,12-14H,3,7-8,10-11H2,1-2H3. The molecule has 1 saturated heterocycles. The Labute approximate surface area is 151 Å². The highest BCUT2D eigenvalue weighted by molar-refractivity contribution is 8.00. The van der Waals surface area contributed by atoms with Crippen LogP contribution in [0.1, 0.15) is 26.7 Å². The van der Waals surface area contributed by atoms with Crippen LogP contribution in [0.25, 0.3) is 5.52 Å². The van der Waals surface area contributed by atoms with Crippen LogP contribution in [0.3, 0.4) is 0 Å². The fourth-order valence-electron chi connectivity index (χ4n) is 3.07. The normalized spacial score (nSPS) is 16.8. The summed E-state index contributed by atoms with van der Waals surface area (Å²) in [5.41, 5.74) is 1.01. The van der Waals surface area contributed by atoms with Gasteiger partial charge in [-0.2, -0.15) is 0 Å². The fraction of sp³-hybridized carbons (Fsp3) is 0.500. The lowest BCUT2D eigenvalue weighted by Crippen LogP contribution is -2.43. The number of pyridine rings is 1. The Hall–Kier alpha value is -2.02. The lowest BCUT2D eigenvalue weighted by atomic mass is 9.97. The van der Waals surface area contributed by atoms with E-state index in [1.807, 2.05) is 53.7 Å². The van der Waals surface area contributed by atoms with Crippen molar-refractivity contribution >= 4 is 29.2 Å². The maximum atomic E-state index is 12.7. The van der Waals surface area contributed by atoms with Gasteiger partial charge in [0, 0.05) is 19.3 Å². The van der Waals surface area contributed by atoms with Gasteiger partial charge in [-0.05, 0) is 38.8 Å². The van der Waals surface area contributed by atoms with Gasteiger partial charge in [0.1, 0.15) is 0 Å². The number of carbonyl (C=O) groups excluding carboxylic acids is 2. The number of esters is 1. The van der Waals surface area contributed by atoms with Crippen LogP contribution in [0, 0.1) is 5.92 Å². The topological polar surface area (TPSA) is 63.9 Å². The van der Waals surface area contributed by atoms with Crippen LogP contribution in [-0.4, -0.2) is 51.1 Å². The molecule has 2 aromatic heterocycles. The Bertz CT molecular complexity index is 753. The van der Waals surface area contributed by atoms with E-state index in [-0.39, 0.29) is 23.0 Å². The first-order valence-electron chi connectivity index (χ1n) is 8.64. The van der Waals surface area contributed by atoms with Crippen molar-refractivity contribution < 1.29 is 14.3 Å². The van der Waals surface area contributed by atoms with Gasteiger partial charge in [-0.15, -0.1) is 0 Å². The number of likely N-dealkylation sites (tertiary alicyclic amines) is 1. The molecule has 0 N–H and O–H groups in total. The number of hydrogen-bond donors (Lipinski definition) is 0. The third-order valence-corrected chi connectivity index (χ3v) is 5.53. The number of amides is 1. The lowest BCUT2D eigenvalue weighted by molar-refractivity contribution is -0.151. The molecule has 1 fully saturated rings. The number of rotatable bonds is 5. The first-order chi connectivity index (χ1) is 12.1. The maximum Gasteiger partial charge on any atom is 0.309 e. The van der Waals surface area contributed by atoms with E-state index in [2.05, 4.69) is 4.98 Å². The molecular formula is C18H23N3O3S. The summed E-state index contributed by atoms with van der Waals surface area (Å²) in [6, 6.07) is 5.91. The zero-order chi connectivity index (χ0) is 17.8. The molecule has 0 saturated carbocycles. The number of carbonyl (C=O) groups is 2. The van der Waals surface area contributed by atoms with Crippen LogP contribution in [0.4, 0.5) is 0 Å². The van der Waals surface area contributed by atoms with Crippen LogP contribution in [-0.2, 0) is 14.3 Å². The second-order valence-electron chi connectivity index (χ2n) is 6.15. The van der Waals surface area contributed by atoms with E-state index < -0.39 is 0 Å². The Balaban J connectivity index is 1.57. The summed E-state index contributed by atoms with van der Waals surface area (Å²) in [5.74, 6) is -0.121. The summed E-state index contributed by atoms with van der Waals surface area (Å²) in [6.07, 6.45) is 5.11. The number of nitrogens with zero attached hydrogens (tertiary/aromatic N) is 3. The first-order valence-corrected chi connectivity index (χ1v) is 9.52. The van der Waals surface area contributed by atoms with Gasteiger partial charge >= 0.3 is 5.97 Å². The molecule has 0 aromatic carbocycles. The Morgan fingerprint density at radius 1 is 1.36 bits per heavy atom. The molecule has 1 atom stereocenters. The van der Waals surface area contributed by atoms with Crippen molar-refractivity contribution in [1.29, 1.82) is 0 Å². The summed E-state index contributed by atoms with van der Waals surface area (Å²) in [4.78, 5) is 30.8. The molecule has 0 bridgehead atoms. The van der Waals surface area contributed by atoms with Gasteiger partial charge in [-0.25, -0.2) is 4.98 Å². The maximum absolute atomic E-state index is 12.7. The van der Waals surface area contributed by atoms with Gasteiger partial charge in [0.05, 0.1) is 29.5 Å². The molecule has 7 heteroatoms. The molecule has 2 aromatic rings. The Kier molecular flexibility index (Phi) is 5.63. The van der Waals surface area contributed by atoms with Crippen LogP contribution in [0.5, 0.6) is 0 Å². The fourth-order valence-corrected chi connectivity index (χ4v) is 4.03. The molecule has 0 aliphatic carbocycles. The third kappa shape index (κ3) is 3.98. The van der Waals surface area contributed by atoms with Crippen molar-refractivity contribution in [2.45, 2.75) is 37.1 Å². The number of aromatic nitrogens is 2. The van der Waals surface area contributed by atoms with Crippen molar-refractivity contribution in [3.63, 3.8) is 0 Å². The van der Waals surface area contributed by atoms with E-state index in [1.165, 1.54) is 11.8 Å². The van der Waals surface area contributed by atoms with E-state index in [1.54, 1.807) is 0 Å². The molecule has 3 rings (SSSR count). The van der Waals surface area contributed by atoms with Gasteiger partial charge in [0.25, 0.3) is 0 Å². The van der Waals surface area contributed by atoms with Crippen LogP contribution in [0.15, 0.2) is 35.7 Å². The quantitative estimate of drug-likeness (QED) is 0.605. The average molecular weight is 361 g/mol. The Morgan fingerprint density at radius 3 is 2.84 bits per heavy atom. The summed E-state index contributed by atoms with van der Waals surface area (Å²) >= 11 is 1.47. The van der Waals surface area contributed by atoms with Gasteiger partial charge in [0.15, 0.2) is 5.16 Å². The zero-order valence-corrected chi connectivity index (χ0v) is 15.4. The van der Waals surface area contributed by atoms with Crippen molar-refractivity contribution in [3.05, 3.63) is 30.6 Å². The molecule has 1 amide bonds. The van der Waals surface area contributed by atoms with E-state index >= 15 is 0 Å². The highest BCUT2D eigenvalue weighted by atomic mass is 32.2. The Morgan fingerprint density at radius 2 is 2.12 bits per heavy atom. The molecule has 3 heterocycles. The summed E-state index contributed by atoms with van der Waals surface area (Å²) < 4.78 is 7.07. The van der Waals surface area contributed by atoms with Gasteiger partial charge in [-0.3, -0.25) is 14.0 Å². The molecule has 6 nitrogen and oxygen atoms in total. The zero-order valence-electron chi connectivity index (χ0n) is 14.6. The average Bonchev–Trinajstić information content (AvgIpc) is 3.04.